The summed E-state index contributed by atoms with van der Waals surface area (Å²) in [5, 5.41) is 0. The van der Waals surface area contributed by atoms with Gasteiger partial charge in [0, 0.05) is 5.54 Å². The summed E-state index contributed by atoms with van der Waals surface area (Å²) >= 11 is 0. The third-order valence-corrected chi connectivity index (χ3v) is 5.81. The van der Waals surface area contributed by atoms with Gasteiger partial charge in [-0.15, -0.1) is 0 Å². The van der Waals surface area contributed by atoms with Gasteiger partial charge in [0.2, 0.25) is 0 Å². The largest absolute Gasteiger partial charge is 0.330 e. The Bertz CT molecular complexity index is 249. The topological polar surface area (TPSA) is 52.0 Å². The minimum atomic E-state index is -0.140. The molecule has 0 unspecified atom stereocenters. The van der Waals surface area contributed by atoms with E-state index in [4.69, 9.17) is 11.5 Å². The van der Waals surface area contributed by atoms with Gasteiger partial charge in [0.15, 0.2) is 0 Å². The van der Waals surface area contributed by atoms with Crippen molar-refractivity contribution < 1.29 is 0 Å². The fourth-order valence-corrected chi connectivity index (χ4v) is 2.78. The monoisotopic (exact) mass is 284 g/mol. The number of unbranched alkanes of at least 4 members (excludes halogenated alkanes) is 6. The van der Waals surface area contributed by atoms with Crippen LogP contribution in [0.5, 0.6) is 0 Å². The normalized spacial score (nSPS) is 13.8. The van der Waals surface area contributed by atoms with Crippen LogP contribution in [0.15, 0.2) is 0 Å². The van der Waals surface area contributed by atoms with Crippen molar-refractivity contribution in [3.8, 4) is 0 Å². The van der Waals surface area contributed by atoms with Crippen LogP contribution in [0.4, 0.5) is 0 Å². The van der Waals surface area contributed by atoms with Gasteiger partial charge >= 0.3 is 0 Å². The Balaban J connectivity index is 3.94. The quantitative estimate of drug-likeness (QED) is 0.533. The number of rotatable bonds is 11. The van der Waals surface area contributed by atoms with Crippen molar-refractivity contribution in [2.75, 3.05) is 6.54 Å². The van der Waals surface area contributed by atoms with Gasteiger partial charge in [-0.05, 0) is 44.1 Å². The zero-order valence-electron chi connectivity index (χ0n) is 15.0. The second-order valence-corrected chi connectivity index (χ2v) is 8.24. The molecule has 0 bridgehead atoms. The zero-order valence-corrected chi connectivity index (χ0v) is 15.0. The van der Waals surface area contributed by atoms with Gasteiger partial charge in [-0.3, -0.25) is 0 Å². The highest BCUT2D eigenvalue weighted by Gasteiger charge is 2.45. The lowest BCUT2D eigenvalue weighted by Gasteiger charge is -2.50. The van der Waals surface area contributed by atoms with Gasteiger partial charge in [-0.2, -0.15) is 0 Å². The minimum absolute atomic E-state index is 0.140. The molecule has 0 amide bonds. The van der Waals surface area contributed by atoms with Crippen molar-refractivity contribution in [2.45, 2.75) is 98.4 Å². The Morgan fingerprint density at radius 2 is 1.05 bits per heavy atom. The van der Waals surface area contributed by atoms with Gasteiger partial charge in [0.25, 0.3) is 0 Å². The highest BCUT2D eigenvalue weighted by Crippen LogP contribution is 2.48. The van der Waals surface area contributed by atoms with Gasteiger partial charge in [-0.25, -0.2) is 0 Å². The van der Waals surface area contributed by atoms with Crippen LogP contribution in [0.2, 0.25) is 0 Å². The van der Waals surface area contributed by atoms with Crippen LogP contribution < -0.4 is 11.5 Å². The number of hydrogen-bond acceptors (Lipinski definition) is 2. The van der Waals surface area contributed by atoms with Gasteiger partial charge in [0.05, 0.1) is 0 Å². The lowest BCUT2D eigenvalue weighted by molar-refractivity contribution is 0.0258. The maximum Gasteiger partial charge on any atom is 0.0154 e. The molecule has 0 heterocycles. The van der Waals surface area contributed by atoms with Crippen LogP contribution in [-0.2, 0) is 0 Å². The van der Waals surface area contributed by atoms with Crippen LogP contribution in [0.3, 0.4) is 0 Å². The maximum absolute atomic E-state index is 6.39. The molecule has 2 nitrogen and oxygen atoms in total. The predicted molar refractivity (Wildman–Crippen MR) is 91.8 cm³/mol. The fraction of sp³-hybridized carbons (Fsp3) is 1.00. The van der Waals surface area contributed by atoms with Crippen molar-refractivity contribution in [1.82, 2.24) is 0 Å². The lowest BCUT2D eigenvalue weighted by atomic mass is 9.57. The van der Waals surface area contributed by atoms with Crippen LogP contribution in [0, 0.1) is 10.8 Å². The standard InChI is InChI=1S/C18H40N2/c1-16(2,17(3,4)18(5,6)20)14-12-10-8-7-9-11-13-15-19/h7-15,19-20H2,1-6H3. The first kappa shape index (κ1) is 19.9. The van der Waals surface area contributed by atoms with E-state index in [1.54, 1.807) is 0 Å². The molecule has 0 rings (SSSR count). The zero-order chi connectivity index (χ0) is 15.9. The van der Waals surface area contributed by atoms with Gasteiger partial charge in [0.1, 0.15) is 0 Å². The molecule has 4 N–H and O–H groups in total. The molecule has 0 aliphatic rings. The summed E-state index contributed by atoms with van der Waals surface area (Å²) in [6, 6.07) is 0. The van der Waals surface area contributed by atoms with Crippen molar-refractivity contribution in [3.63, 3.8) is 0 Å². The second-order valence-electron chi connectivity index (χ2n) is 8.24. The van der Waals surface area contributed by atoms with Crippen molar-refractivity contribution >= 4 is 0 Å². The smallest absolute Gasteiger partial charge is 0.0154 e. The molecule has 0 aromatic heterocycles. The SMILES string of the molecule is CC(C)(N)C(C)(C)C(C)(C)CCCCCCCCCN. The highest BCUT2D eigenvalue weighted by molar-refractivity contribution is 4.99. The molecule has 0 aliphatic carbocycles. The van der Waals surface area contributed by atoms with Crippen LogP contribution in [0.25, 0.3) is 0 Å². The number of hydrogen-bond donors (Lipinski definition) is 2. The van der Waals surface area contributed by atoms with E-state index in [9.17, 15) is 0 Å². The molecular weight excluding hydrogens is 244 g/mol. The summed E-state index contributed by atoms with van der Waals surface area (Å²) in [4.78, 5) is 0. The maximum atomic E-state index is 6.39. The van der Waals surface area contributed by atoms with E-state index in [0.717, 1.165) is 6.54 Å². The van der Waals surface area contributed by atoms with Crippen LogP contribution >= 0.6 is 0 Å². The lowest BCUT2D eigenvalue weighted by Crippen LogP contribution is -2.54. The second kappa shape index (κ2) is 8.38. The van der Waals surface area contributed by atoms with Gasteiger partial charge < -0.3 is 11.5 Å². The predicted octanol–water partition coefficient (Wildman–Crippen LogP) is 4.86. The van der Waals surface area contributed by atoms with Crippen molar-refractivity contribution in [1.29, 1.82) is 0 Å². The molecule has 0 fully saturated rings. The first-order chi connectivity index (χ1) is 9.06. The third-order valence-electron chi connectivity index (χ3n) is 5.81. The summed E-state index contributed by atoms with van der Waals surface area (Å²) in [6.45, 7) is 14.6. The molecule has 0 saturated carbocycles. The molecule has 20 heavy (non-hydrogen) atoms. The number of nitrogens with two attached hydrogens (primary N) is 2. The third kappa shape index (κ3) is 6.13. The summed E-state index contributed by atoms with van der Waals surface area (Å²) in [6.07, 6.45) is 10.5. The van der Waals surface area contributed by atoms with Crippen molar-refractivity contribution in [2.24, 2.45) is 22.3 Å². The Hall–Kier alpha value is -0.0800. The summed E-state index contributed by atoms with van der Waals surface area (Å²) in [5.74, 6) is 0. The summed E-state index contributed by atoms with van der Waals surface area (Å²) in [7, 11) is 0. The Morgan fingerprint density at radius 1 is 0.650 bits per heavy atom. The van der Waals surface area contributed by atoms with E-state index in [1.807, 2.05) is 0 Å². The highest BCUT2D eigenvalue weighted by atomic mass is 14.8. The summed E-state index contributed by atoms with van der Waals surface area (Å²) in [5.41, 5.74) is 12.2. The molecule has 0 aromatic carbocycles. The molecule has 0 saturated heterocycles. The molecule has 0 spiro atoms. The summed E-state index contributed by atoms with van der Waals surface area (Å²) < 4.78 is 0. The van der Waals surface area contributed by atoms with E-state index < -0.39 is 0 Å². The van der Waals surface area contributed by atoms with E-state index in [-0.39, 0.29) is 16.4 Å². The first-order valence-corrected chi connectivity index (χ1v) is 8.55. The Labute approximate surface area is 128 Å². The van der Waals surface area contributed by atoms with Crippen molar-refractivity contribution in [3.05, 3.63) is 0 Å². The van der Waals surface area contributed by atoms with E-state index in [0.29, 0.717) is 0 Å². The molecule has 122 valence electrons. The van der Waals surface area contributed by atoms with E-state index in [1.165, 1.54) is 51.4 Å². The van der Waals surface area contributed by atoms with Crippen LogP contribution in [-0.4, -0.2) is 12.1 Å². The van der Waals surface area contributed by atoms with Gasteiger partial charge in [-0.1, -0.05) is 66.2 Å². The molecule has 2 heteroatoms. The Morgan fingerprint density at radius 3 is 1.45 bits per heavy atom. The van der Waals surface area contributed by atoms with E-state index >= 15 is 0 Å². The average molecular weight is 285 g/mol. The first-order valence-electron chi connectivity index (χ1n) is 8.55. The molecule has 0 atom stereocenters. The molecule has 0 radical (unpaired) electrons. The molecule has 0 aromatic rings. The minimum Gasteiger partial charge on any atom is -0.330 e. The Kier molecular flexibility index (Phi) is 8.35. The fourth-order valence-electron chi connectivity index (χ4n) is 2.78. The van der Waals surface area contributed by atoms with E-state index in [2.05, 4.69) is 41.5 Å². The molecular formula is C18H40N2. The average Bonchev–Trinajstić information content (AvgIpc) is 2.31. The molecule has 0 aliphatic heterocycles. The van der Waals surface area contributed by atoms with Crippen LogP contribution in [0.1, 0.15) is 92.9 Å².